The van der Waals surface area contributed by atoms with Gasteiger partial charge in [-0.25, -0.2) is 13.2 Å². The lowest BCUT2D eigenvalue weighted by atomic mass is 9.91. The van der Waals surface area contributed by atoms with Crippen molar-refractivity contribution in [3.05, 3.63) is 92.3 Å². The molecule has 1 saturated heterocycles. The fraction of sp³-hybridized carbons (Fsp3) is 0.286. The SMILES string of the molecule is CC(=O)OC1(CNC2Cc3ccccc3C2)CN(C(=O)c2ccc(F)c(F)c2Nc2ccc(I)cc2F)C1. The molecule has 1 amide bonds. The molecule has 0 spiro atoms. The highest BCUT2D eigenvalue weighted by molar-refractivity contribution is 14.1. The van der Waals surface area contributed by atoms with Crippen molar-refractivity contribution in [1.29, 1.82) is 0 Å². The zero-order valence-electron chi connectivity index (χ0n) is 20.5. The molecule has 38 heavy (non-hydrogen) atoms. The second-order valence-corrected chi connectivity index (χ2v) is 11.0. The van der Waals surface area contributed by atoms with Gasteiger partial charge in [-0.2, -0.15) is 0 Å². The van der Waals surface area contributed by atoms with E-state index in [4.69, 9.17) is 4.74 Å². The molecular weight excluding hydrogens is 610 g/mol. The Hall–Kier alpha value is -3.12. The smallest absolute Gasteiger partial charge is 0.303 e. The van der Waals surface area contributed by atoms with Gasteiger partial charge in [0.25, 0.3) is 5.91 Å². The highest BCUT2D eigenvalue weighted by Crippen LogP contribution is 2.33. The van der Waals surface area contributed by atoms with E-state index in [0.29, 0.717) is 10.1 Å². The number of halogens is 4. The summed E-state index contributed by atoms with van der Waals surface area (Å²) < 4.78 is 49.6. The van der Waals surface area contributed by atoms with Gasteiger partial charge in [0, 0.05) is 23.1 Å². The maximum atomic E-state index is 14.8. The molecule has 198 valence electrons. The van der Waals surface area contributed by atoms with Crippen LogP contribution >= 0.6 is 22.6 Å². The van der Waals surface area contributed by atoms with Gasteiger partial charge in [0.2, 0.25) is 0 Å². The fourth-order valence-corrected chi connectivity index (χ4v) is 5.54. The van der Waals surface area contributed by atoms with Gasteiger partial charge in [-0.05, 0) is 76.9 Å². The van der Waals surface area contributed by atoms with E-state index in [1.165, 1.54) is 35.1 Å². The van der Waals surface area contributed by atoms with Crippen LogP contribution in [0.25, 0.3) is 0 Å². The number of amides is 1. The third-order valence-corrected chi connectivity index (χ3v) is 7.56. The Balaban J connectivity index is 1.31. The van der Waals surface area contributed by atoms with Crippen molar-refractivity contribution in [3.63, 3.8) is 0 Å². The van der Waals surface area contributed by atoms with Gasteiger partial charge in [-0.1, -0.05) is 24.3 Å². The van der Waals surface area contributed by atoms with Crippen molar-refractivity contribution >= 4 is 45.8 Å². The highest BCUT2D eigenvalue weighted by Gasteiger charge is 2.49. The van der Waals surface area contributed by atoms with Gasteiger partial charge >= 0.3 is 5.97 Å². The molecule has 1 aliphatic heterocycles. The number of fused-ring (bicyclic) bond motifs is 1. The molecule has 6 nitrogen and oxygen atoms in total. The summed E-state index contributed by atoms with van der Waals surface area (Å²) in [7, 11) is 0. The third kappa shape index (κ3) is 5.37. The van der Waals surface area contributed by atoms with E-state index < -0.39 is 40.6 Å². The lowest BCUT2D eigenvalue weighted by Crippen LogP contribution is -2.69. The summed E-state index contributed by atoms with van der Waals surface area (Å²) in [4.78, 5) is 26.6. The molecule has 0 saturated carbocycles. The summed E-state index contributed by atoms with van der Waals surface area (Å²) in [5, 5.41) is 6.01. The summed E-state index contributed by atoms with van der Waals surface area (Å²) >= 11 is 1.93. The maximum Gasteiger partial charge on any atom is 0.303 e. The minimum absolute atomic E-state index is 0.0778. The zero-order valence-corrected chi connectivity index (χ0v) is 22.7. The monoisotopic (exact) mass is 635 g/mol. The molecular formula is C28H25F3IN3O3. The number of rotatable bonds is 7. The van der Waals surface area contributed by atoms with Crippen LogP contribution in [0.5, 0.6) is 0 Å². The number of benzene rings is 3. The molecule has 1 fully saturated rings. The first kappa shape index (κ1) is 26.5. The Morgan fingerprint density at radius 3 is 2.34 bits per heavy atom. The van der Waals surface area contributed by atoms with E-state index >= 15 is 0 Å². The van der Waals surface area contributed by atoms with Crippen LogP contribution in [0.3, 0.4) is 0 Å². The normalized spacial score (nSPS) is 16.1. The molecule has 0 bridgehead atoms. The minimum atomic E-state index is -1.29. The lowest BCUT2D eigenvalue weighted by Gasteiger charge is -2.49. The van der Waals surface area contributed by atoms with Gasteiger partial charge in [-0.3, -0.25) is 9.59 Å². The molecule has 10 heteroatoms. The molecule has 0 radical (unpaired) electrons. The number of carbonyl (C=O) groups is 2. The average Bonchev–Trinajstić information content (AvgIpc) is 3.27. The van der Waals surface area contributed by atoms with E-state index in [0.717, 1.165) is 25.0 Å². The van der Waals surface area contributed by atoms with E-state index in [2.05, 4.69) is 22.8 Å². The quantitative estimate of drug-likeness (QED) is 0.284. The van der Waals surface area contributed by atoms with Gasteiger partial charge in [0.15, 0.2) is 17.2 Å². The minimum Gasteiger partial charge on any atom is -0.454 e. The number of nitrogens with zero attached hydrogens (tertiary/aromatic N) is 1. The van der Waals surface area contributed by atoms with Crippen molar-refractivity contribution in [1.82, 2.24) is 10.2 Å². The van der Waals surface area contributed by atoms with Crippen LogP contribution < -0.4 is 10.6 Å². The van der Waals surface area contributed by atoms with Crippen LogP contribution in [0.15, 0.2) is 54.6 Å². The fourth-order valence-electron chi connectivity index (χ4n) is 5.09. The highest BCUT2D eigenvalue weighted by atomic mass is 127. The van der Waals surface area contributed by atoms with Gasteiger partial charge in [-0.15, -0.1) is 0 Å². The number of hydrogen-bond acceptors (Lipinski definition) is 5. The van der Waals surface area contributed by atoms with Gasteiger partial charge in [0.05, 0.1) is 30.0 Å². The number of esters is 1. The summed E-state index contributed by atoms with van der Waals surface area (Å²) in [6, 6.07) is 14.6. The summed E-state index contributed by atoms with van der Waals surface area (Å²) in [6.07, 6.45) is 1.71. The van der Waals surface area contributed by atoms with Crippen LogP contribution in [-0.4, -0.2) is 48.1 Å². The Labute approximate surface area is 231 Å². The molecule has 3 aromatic rings. The number of carbonyl (C=O) groups excluding carboxylic acids is 2. The molecule has 2 N–H and O–H groups in total. The second-order valence-electron chi connectivity index (χ2n) is 9.73. The molecule has 5 rings (SSSR count). The Kier molecular flexibility index (Phi) is 7.36. The van der Waals surface area contributed by atoms with Crippen molar-refractivity contribution in [2.24, 2.45) is 0 Å². The Bertz CT molecular complexity index is 1390. The topological polar surface area (TPSA) is 70.7 Å². The summed E-state index contributed by atoms with van der Waals surface area (Å²) in [5.41, 5.74) is 0.910. The van der Waals surface area contributed by atoms with Crippen LogP contribution in [-0.2, 0) is 22.4 Å². The molecule has 0 unspecified atom stereocenters. The number of nitrogens with one attached hydrogen (secondary N) is 2. The number of anilines is 2. The number of likely N-dealkylation sites (tertiary alicyclic amines) is 1. The van der Waals surface area contributed by atoms with Crippen molar-refractivity contribution < 1.29 is 27.5 Å². The Morgan fingerprint density at radius 1 is 1.03 bits per heavy atom. The first-order valence-electron chi connectivity index (χ1n) is 12.1. The standard InChI is InChI=1S/C28H25F3IN3O3/c1-16(36)38-28(13-33-20-10-17-4-2-3-5-18(17)11-20)14-35(15-28)27(37)21-7-8-22(29)25(31)26(21)34-24-9-6-19(32)12-23(24)30/h2-9,12,20,33-34H,10-11,13-15H2,1H3. The van der Waals surface area contributed by atoms with Crippen molar-refractivity contribution in [2.75, 3.05) is 25.0 Å². The van der Waals surface area contributed by atoms with Crippen molar-refractivity contribution in [3.8, 4) is 0 Å². The summed E-state index contributed by atoms with van der Waals surface area (Å²) in [6.45, 7) is 1.80. The predicted molar refractivity (Wildman–Crippen MR) is 145 cm³/mol. The van der Waals surface area contributed by atoms with E-state index in [9.17, 15) is 22.8 Å². The molecule has 1 heterocycles. The van der Waals surface area contributed by atoms with Gasteiger partial charge < -0.3 is 20.3 Å². The molecule has 0 atom stereocenters. The first-order chi connectivity index (χ1) is 18.1. The number of hydrogen-bond donors (Lipinski definition) is 2. The van der Waals surface area contributed by atoms with Crippen LogP contribution in [0.1, 0.15) is 28.4 Å². The van der Waals surface area contributed by atoms with E-state index in [1.807, 2.05) is 34.7 Å². The predicted octanol–water partition coefficient (Wildman–Crippen LogP) is 4.97. The second kappa shape index (κ2) is 10.6. The van der Waals surface area contributed by atoms with E-state index in [1.54, 1.807) is 6.07 Å². The summed E-state index contributed by atoms with van der Waals surface area (Å²) in [5.74, 6) is -4.19. The average molecular weight is 635 g/mol. The van der Waals surface area contributed by atoms with Crippen LogP contribution in [0.2, 0.25) is 0 Å². The van der Waals surface area contributed by atoms with E-state index in [-0.39, 0.29) is 30.4 Å². The number of ether oxygens (including phenoxy) is 1. The molecule has 1 aliphatic carbocycles. The van der Waals surface area contributed by atoms with Crippen LogP contribution in [0, 0.1) is 21.0 Å². The zero-order chi connectivity index (χ0) is 27.0. The van der Waals surface area contributed by atoms with Crippen LogP contribution in [0.4, 0.5) is 24.5 Å². The maximum absolute atomic E-state index is 14.8. The first-order valence-corrected chi connectivity index (χ1v) is 13.2. The van der Waals surface area contributed by atoms with Crippen molar-refractivity contribution in [2.45, 2.75) is 31.4 Å². The molecule has 2 aliphatic rings. The van der Waals surface area contributed by atoms with Gasteiger partial charge in [0.1, 0.15) is 5.82 Å². The lowest BCUT2D eigenvalue weighted by molar-refractivity contribution is -0.172. The largest absolute Gasteiger partial charge is 0.454 e. The molecule has 3 aromatic carbocycles. The molecule has 0 aromatic heterocycles. The third-order valence-electron chi connectivity index (χ3n) is 6.89. The Morgan fingerprint density at radius 2 is 1.71 bits per heavy atom.